The van der Waals surface area contributed by atoms with Crippen molar-refractivity contribution in [3.63, 3.8) is 0 Å². The molecule has 12 heavy (non-hydrogen) atoms. The molecular weight excluding hydrogens is 152 g/mol. The highest BCUT2D eigenvalue weighted by Gasteiger charge is 1.90. The van der Waals surface area contributed by atoms with Gasteiger partial charge in [0.25, 0.3) is 0 Å². The third-order valence-electron chi connectivity index (χ3n) is 1.08. The van der Waals surface area contributed by atoms with Crippen molar-refractivity contribution in [3.05, 3.63) is 11.6 Å². The number of carbonyl (C=O) groups is 1. The largest absolute Gasteiger partial charge is 0.456 e. The van der Waals surface area contributed by atoms with Gasteiger partial charge < -0.3 is 4.74 Å². The maximum atomic E-state index is 10.7. The van der Waals surface area contributed by atoms with Crippen LogP contribution >= 0.6 is 0 Å². The lowest BCUT2D eigenvalue weighted by molar-refractivity contribution is -0.136. The van der Waals surface area contributed by atoms with Gasteiger partial charge in [0.05, 0.1) is 6.61 Å². The zero-order valence-electron chi connectivity index (χ0n) is 7.81. The minimum atomic E-state index is -0.445. The van der Waals surface area contributed by atoms with Crippen LogP contribution in [0.5, 0.6) is 0 Å². The fraction of sp³-hybridized carbons (Fsp3) is 0.500. The summed E-state index contributed by atoms with van der Waals surface area (Å²) in [6.07, 6.45) is 2.58. The van der Waals surface area contributed by atoms with Crippen molar-refractivity contribution in [1.29, 1.82) is 0 Å². The Morgan fingerprint density at radius 1 is 1.50 bits per heavy atom. The summed E-state index contributed by atoms with van der Waals surface area (Å²) >= 11 is 0. The highest BCUT2D eigenvalue weighted by atomic mass is 16.5. The van der Waals surface area contributed by atoms with Crippen LogP contribution < -0.4 is 0 Å². The van der Waals surface area contributed by atoms with Gasteiger partial charge >= 0.3 is 5.97 Å². The normalized spacial score (nSPS) is 7.92. The smallest absolute Gasteiger partial charge is 0.384 e. The van der Waals surface area contributed by atoms with Crippen LogP contribution in [0.4, 0.5) is 0 Å². The predicted molar refractivity (Wildman–Crippen MR) is 48.5 cm³/mol. The van der Waals surface area contributed by atoms with Crippen molar-refractivity contribution in [2.24, 2.45) is 0 Å². The second-order valence-electron chi connectivity index (χ2n) is 2.51. The summed E-state index contributed by atoms with van der Waals surface area (Å²) in [5.74, 6) is 4.64. The zero-order valence-corrected chi connectivity index (χ0v) is 7.81. The summed E-state index contributed by atoms with van der Waals surface area (Å²) in [5, 5.41) is 0. The van der Waals surface area contributed by atoms with E-state index in [-0.39, 0.29) is 0 Å². The summed E-state index contributed by atoms with van der Waals surface area (Å²) in [5.41, 5.74) is 1.20. The zero-order chi connectivity index (χ0) is 9.40. The van der Waals surface area contributed by atoms with E-state index in [1.807, 2.05) is 19.9 Å². The number of allylic oxidation sites excluding steroid dienone is 2. The average molecular weight is 166 g/mol. The third kappa shape index (κ3) is 6.88. The van der Waals surface area contributed by atoms with E-state index in [1.165, 1.54) is 5.57 Å². The van der Waals surface area contributed by atoms with Gasteiger partial charge in [-0.15, -0.1) is 0 Å². The first-order valence-electron chi connectivity index (χ1n) is 3.95. The Kier molecular flexibility index (Phi) is 5.81. The molecule has 0 atom stereocenters. The van der Waals surface area contributed by atoms with Gasteiger partial charge in [-0.3, -0.25) is 0 Å². The van der Waals surface area contributed by atoms with Crippen molar-refractivity contribution in [1.82, 2.24) is 0 Å². The standard InChI is InChI=1S/C10H14O2/c1-4-12-10(11)8-6-5-7-9(2)3/h7H,4-5H2,1-3H3. The lowest BCUT2D eigenvalue weighted by atomic mass is 10.3. The maximum absolute atomic E-state index is 10.7. The second-order valence-corrected chi connectivity index (χ2v) is 2.51. The highest BCUT2D eigenvalue weighted by molar-refractivity contribution is 5.88. The van der Waals surface area contributed by atoms with Gasteiger partial charge in [-0.1, -0.05) is 17.6 Å². The van der Waals surface area contributed by atoms with E-state index in [0.29, 0.717) is 13.0 Å². The Morgan fingerprint density at radius 3 is 2.67 bits per heavy atom. The summed E-state index contributed by atoms with van der Waals surface area (Å²) in [6, 6.07) is 0. The molecule has 0 aromatic rings. The number of esters is 1. The number of rotatable bonds is 2. The Balaban J connectivity index is 3.73. The van der Waals surface area contributed by atoms with E-state index >= 15 is 0 Å². The minimum Gasteiger partial charge on any atom is -0.456 e. The van der Waals surface area contributed by atoms with Gasteiger partial charge in [-0.2, -0.15) is 0 Å². The van der Waals surface area contributed by atoms with Gasteiger partial charge in [0.15, 0.2) is 0 Å². The Labute approximate surface area is 73.6 Å². The monoisotopic (exact) mass is 166 g/mol. The second kappa shape index (κ2) is 6.48. The molecule has 2 nitrogen and oxygen atoms in total. The number of carbonyl (C=O) groups excluding carboxylic acids is 1. The lowest BCUT2D eigenvalue weighted by Crippen LogP contribution is -1.99. The molecule has 0 aromatic heterocycles. The summed E-state index contributed by atoms with van der Waals surface area (Å²) < 4.78 is 4.62. The molecule has 0 bridgehead atoms. The van der Waals surface area contributed by atoms with Gasteiger partial charge in [-0.05, 0) is 20.8 Å². The summed E-state index contributed by atoms with van der Waals surface area (Å²) in [7, 11) is 0. The first kappa shape index (κ1) is 10.8. The molecule has 0 aliphatic heterocycles. The molecule has 0 spiro atoms. The van der Waals surface area contributed by atoms with Crippen LogP contribution in [-0.4, -0.2) is 12.6 Å². The molecule has 0 rings (SSSR count). The molecule has 0 aromatic carbocycles. The predicted octanol–water partition coefficient (Wildman–Crippen LogP) is 1.91. The molecule has 0 fully saturated rings. The Morgan fingerprint density at radius 2 is 2.17 bits per heavy atom. The van der Waals surface area contributed by atoms with Gasteiger partial charge in [0, 0.05) is 12.3 Å². The highest BCUT2D eigenvalue weighted by Crippen LogP contribution is 1.90. The van der Waals surface area contributed by atoms with Crippen LogP contribution in [0.1, 0.15) is 27.2 Å². The van der Waals surface area contributed by atoms with Crippen molar-refractivity contribution in [2.45, 2.75) is 27.2 Å². The van der Waals surface area contributed by atoms with Gasteiger partial charge in [-0.25, -0.2) is 4.79 Å². The first-order valence-corrected chi connectivity index (χ1v) is 3.95. The van der Waals surface area contributed by atoms with Crippen LogP contribution in [0, 0.1) is 11.8 Å². The van der Waals surface area contributed by atoms with Crippen LogP contribution in [0.15, 0.2) is 11.6 Å². The van der Waals surface area contributed by atoms with Crippen molar-refractivity contribution in [3.8, 4) is 11.8 Å². The van der Waals surface area contributed by atoms with E-state index in [9.17, 15) is 4.79 Å². The Bertz CT molecular complexity index is 224. The fourth-order valence-electron chi connectivity index (χ4n) is 0.546. The molecule has 66 valence electrons. The molecule has 0 radical (unpaired) electrons. The molecule has 0 aliphatic carbocycles. The summed E-state index contributed by atoms with van der Waals surface area (Å²) in [6.45, 7) is 6.13. The topological polar surface area (TPSA) is 26.3 Å². The molecule has 0 amide bonds. The van der Waals surface area contributed by atoms with E-state index in [4.69, 9.17) is 0 Å². The molecule has 0 heterocycles. The van der Waals surface area contributed by atoms with Gasteiger partial charge in [0.2, 0.25) is 0 Å². The van der Waals surface area contributed by atoms with Crippen molar-refractivity contribution in [2.75, 3.05) is 6.61 Å². The number of hydrogen-bond donors (Lipinski definition) is 0. The molecule has 0 saturated carbocycles. The quantitative estimate of drug-likeness (QED) is 0.271. The first-order chi connectivity index (χ1) is 5.66. The van der Waals surface area contributed by atoms with Crippen LogP contribution in [0.25, 0.3) is 0 Å². The summed E-state index contributed by atoms with van der Waals surface area (Å²) in [4.78, 5) is 10.7. The van der Waals surface area contributed by atoms with Crippen LogP contribution in [-0.2, 0) is 9.53 Å². The van der Waals surface area contributed by atoms with E-state index in [0.717, 1.165) is 0 Å². The molecule has 0 unspecified atom stereocenters. The lowest BCUT2D eigenvalue weighted by Gasteiger charge is -1.90. The van der Waals surface area contributed by atoms with E-state index in [2.05, 4.69) is 16.6 Å². The van der Waals surface area contributed by atoms with Crippen LogP contribution in [0.3, 0.4) is 0 Å². The number of ether oxygens (including phenoxy) is 1. The van der Waals surface area contributed by atoms with Gasteiger partial charge in [0.1, 0.15) is 0 Å². The van der Waals surface area contributed by atoms with Crippen molar-refractivity contribution < 1.29 is 9.53 Å². The van der Waals surface area contributed by atoms with E-state index in [1.54, 1.807) is 6.92 Å². The molecule has 0 N–H and O–H groups in total. The molecule has 0 aliphatic rings. The third-order valence-corrected chi connectivity index (χ3v) is 1.08. The van der Waals surface area contributed by atoms with Crippen LogP contribution in [0.2, 0.25) is 0 Å². The molecular formula is C10H14O2. The molecule has 0 saturated heterocycles. The average Bonchev–Trinajstić information content (AvgIpc) is 1.98. The molecule has 2 heteroatoms. The maximum Gasteiger partial charge on any atom is 0.384 e. The SMILES string of the molecule is CCOC(=O)C#CCC=C(C)C. The van der Waals surface area contributed by atoms with E-state index < -0.39 is 5.97 Å². The minimum absolute atomic E-state index is 0.385. The van der Waals surface area contributed by atoms with Crippen molar-refractivity contribution >= 4 is 5.97 Å². The Hall–Kier alpha value is -1.23. The number of hydrogen-bond acceptors (Lipinski definition) is 2. The fourth-order valence-corrected chi connectivity index (χ4v) is 0.546.